The molecular weight excluding hydrogens is 734 g/mol. The van der Waals surface area contributed by atoms with E-state index in [0.29, 0.717) is 0 Å². The van der Waals surface area contributed by atoms with Gasteiger partial charge in [-0.1, -0.05) is 76.9 Å². The molecule has 0 heterocycles. The summed E-state index contributed by atoms with van der Waals surface area (Å²) in [4.78, 5) is 0. The Bertz CT molecular complexity index is 1600. The number of rotatable bonds is 2. The Morgan fingerprint density at radius 2 is 0.952 bits per heavy atom. The first kappa shape index (κ1) is 32.7. The molecule has 0 N–H and O–H groups in total. The van der Waals surface area contributed by atoms with E-state index in [-0.39, 0.29) is 10.8 Å². The molecule has 0 bridgehead atoms. The van der Waals surface area contributed by atoms with Crippen LogP contribution in [-0.4, -0.2) is 5.49 Å². The summed E-state index contributed by atoms with van der Waals surface area (Å²) in [5, 5.41) is 8.16. The SMILES string of the molecule is CC(C)(C)c1ccc2[cH-]c3ccc(C(C)(C)C)cc3c2c1.[Cl][Hf]([Cl])=[Si](c1ccccc1)c1ccccc1.c1cc[cH-]c1. The van der Waals surface area contributed by atoms with E-state index >= 15 is 0 Å². The van der Waals surface area contributed by atoms with Gasteiger partial charge in [0.05, 0.1) is 0 Å². The maximum absolute atomic E-state index is 6.34. The van der Waals surface area contributed by atoms with Crippen LogP contribution in [0.15, 0.2) is 133 Å². The zero-order valence-corrected chi connectivity index (χ0v) is 31.6. The first-order valence-corrected chi connectivity index (χ1v) is 30.2. The summed E-state index contributed by atoms with van der Waals surface area (Å²) in [6.07, 6.45) is 0. The van der Waals surface area contributed by atoms with Crippen LogP contribution in [-0.2, 0) is 28.5 Å². The third kappa shape index (κ3) is 8.66. The van der Waals surface area contributed by atoms with E-state index in [1.54, 1.807) is 0 Å². The molecule has 0 aliphatic rings. The predicted octanol–water partition coefficient (Wildman–Crippen LogP) is 10.4. The minimum absolute atomic E-state index is 0.194. The molecule has 0 amide bonds. The van der Waals surface area contributed by atoms with Gasteiger partial charge in [0.15, 0.2) is 0 Å². The molecule has 0 saturated carbocycles. The van der Waals surface area contributed by atoms with Gasteiger partial charge >= 0.3 is 111 Å². The number of fused-ring (bicyclic) bond motifs is 3. The summed E-state index contributed by atoms with van der Waals surface area (Å²) in [5.74, 6) is 0. The van der Waals surface area contributed by atoms with Gasteiger partial charge in [0, 0.05) is 0 Å². The molecule has 6 aromatic carbocycles. The van der Waals surface area contributed by atoms with Gasteiger partial charge in [0.2, 0.25) is 0 Å². The summed E-state index contributed by atoms with van der Waals surface area (Å²) in [5.41, 5.74) is 2.33. The van der Waals surface area contributed by atoms with Gasteiger partial charge in [-0.25, -0.2) is 12.1 Å². The van der Waals surface area contributed by atoms with Crippen LogP contribution in [0.2, 0.25) is 0 Å². The van der Waals surface area contributed by atoms with E-state index < -0.39 is 23.2 Å². The first-order chi connectivity index (χ1) is 19.9. The van der Waals surface area contributed by atoms with Crippen molar-refractivity contribution in [3.05, 3.63) is 145 Å². The van der Waals surface area contributed by atoms with E-state index in [0.717, 1.165) is 0 Å². The molecule has 216 valence electrons. The van der Waals surface area contributed by atoms with Crippen LogP contribution in [0.4, 0.5) is 0 Å². The van der Waals surface area contributed by atoms with Crippen LogP contribution in [0.5, 0.6) is 0 Å². The fourth-order valence-electron chi connectivity index (χ4n) is 4.85. The van der Waals surface area contributed by atoms with Crippen molar-refractivity contribution in [2.75, 3.05) is 0 Å². The summed E-state index contributed by atoms with van der Waals surface area (Å²) >= 11 is -2.41. The van der Waals surface area contributed by atoms with Crippen LogP contribution in [0.1, 0.15) is 52.7 Å². The molecule has 0 fully saturated rings. The minimum Gasteiger partial charge on any atom is -0.214 e. The van der Waals surface area contributed by atoms with E-state index in [4.69, 9.17) is 17.2 Å². The zero-order valence-electron chi connectivity index (χ0n) is 25.5. The van der Waals surface area contributed by atoms with Crippen molar-refractivity contribution in [1.29, 1.82) is 0 Å². The van der Waals surface area contributed by atoms with Gasteiger partial charge in [-0.05, 0) is 10.8 Å². The maximum atomic E-state index is 6.34. The van der Waals surface area contributed by atoms with Crippen molar-refractivity contribution >= 4 is 54.6 Å². The van der Waals surface area contributed by atoms with Gasteiger partial charge in [-0.15, -0.1) is 39.7 Å². The molecule has 6 aromatic rings. The fraction of sp³-hybridized carbons (Fsp3) is 0.211. The Labute approximate surface area is 267 Å². The smallest absolute Gasteiger partial charge is 0.172 e. The molecule has 0 unspecified atom stereocenters. The Hall–Kier alpha value is -2.23. The molecule has 0 radical (unpaired) electrons. The largest absolute Gasteiger partial charge is 0.214 e. The number of halogens is 2. The molecule has 0 aromatic heterocycles. The van der Waals surface area contributed by atoms with E-state index in [9.17, 15) is 0 Å². The Kier molecular flexibility index (Phi) is 11.3. The number of hydrogen-bond donors (Lipinski definition) is 0. The van der Waals surface area contributed by atoms with E-state index in [1.807, 2.05) is 42.5 Å². The number of hydrogen-bond acceptors (Lipinski definition) is 0. The van der Waals surface area contributed by atoms with Crippen LogP contribution < -0.4 is 10.4 Å². The minimum atomic E-state index is -2.41. The van der Waals surface area contributed by atoms with Crippen LogP contribution in [0, 0.1) is 0 Å². The topological polar surface area (TPSA) is 0 Å². The molecule has 0 saturated heterocycles. The second-order valence-corrected chi connectivity index (χ2v) is 38.8. The summed E-state index contributed by atoms with van der Waals surface area (Å²) in [7, 11) is 12.7. The number of benzene rings is 4. The Balaban J connectivity index is 0.000000170. The monoisotopic (exact) mass is 774 g/mol. The summed E-state index contributed by atoms with van der Waals surface area (Å²) in [6.45, 7) is 13.7. The van der Waals surface area contributed by atoms with Gasteiger partial charge < -0.3 is 0 Å². The predicted molar refractivity (Wildman–Crippen MR) is 186 cm³/mol. The Morgan fingerprint density at radius 3 is 1.26 bits per heavy atom. The fourth-order valence-corrected chi connectivity index (χ4v) is 25.7. The maximum Gasteiger partial charge on any atom is -0.172 e. The molecule has 0 spiro atoms. The van der Waals surface area contributed by atoms with Crippen molar-refractivity contribution in [3.63, 3.8) is 0 Å². The van der Waals surface area contributed by atoms with Crippen molar-refractivity contribution < 1.29 is 17.7 Å². The Morgan fingerprint density at radius 1 is 0.548 bits per heavy atom. The molecule has 0 nitrogen and oxygen atoms in total. The van der Waals surface area contributed by atoms with Gasteiger partial charge in [-0.2, -0.15) is 18.2 Å². The molecule has 0 atom stereocenters. The van der Waals surface area contributed by atoms with E-state index in [2.05, 4.69) is 133 Å². The van der Waals surface area contributed by atoms with E-state index in [1.165, 1.54) is 43.0 Å². The van der Waals surface area contributed by atoms with Crippen LogP contribution in [0.3, 0.4) is 0 Å². The van der Waals surface area contributed by atoms with Gasteiger partial charge in [0.25, 0.3) is 0 Å². The molecule has 0 aliphatic heterocycles. The van der Waals surface area contributed by atoms with Crippen molar-refractivity contribution in [1.82, 2.24) is 0 Å². The first-order valence-electron chi connectivity index (χ1n) is 14.4. The third-order valence-corrected chi connectivity index (χ3v) is 29.1. The van der Waals surface area contributed by atoms with Crippen molar-refractivity contribution in [2.24, 2.45) is 0 Å². The molecule has 6 rings (SSSR count). The average molecular weight is 774 g/mol. The van der Waals surface area contributed by atoms with Crippen LogP contribution >= 0.6 is 17.2 Å². The normalized spacial score (nSPS) is 11.3. The third-order valence-electron chi connectivity index (χ3n) is 7.31. The summed E-state index contributed by atoms with van der Waals surface area (Å²) < 4.78 is 0. The average Bonchev–Trinajstić information content (AvgIpc) is 3.65. The molecule has 0 aliphatic carbocycles. The molecule has 4 heteroatoms. The quantitative estimate of drug-likeness (QED) is 0.121. The van der Waals surface area contributed by atoms with Crippen molar-refractivity contribution in [2.45, 2.75) is 52.4 Å². The second-order valence-electron chi connectivity index (χ2n) is 12.6. The van der Waals surface area contributed by atoms with Crippen molar-refractivity contribution in [3.8, 4) is 0 Å². The standard InChI is InChI=1S/C21H25.C12H10Si.C5H5.2ClH.Hf/c1-20(2,3)16-9-7-14-11-15-8-10-17(21(4,5)6)13-19(15)18(14)12-16;1-3-7-11(8-4-1)13-12-9-5-2-6-10-12;1-2-4-5-3-1;;;/h7-13H,1-6H3;1-10H;1-5H;2*1H;/q-1;;-1;;;+2/p-2. The molecular formula is C38H40Cl2HfSi-2. The second kappa shape index (κ2) is 14.5. The zero-order chi connectivity index (χ0) is 30.3. The summed E-state index contributed by atoms with van der Waals surface area (Å²) in [6, 6.07) is 47.0. The van der Waals surface area contributed by atoms with Gasteiger partial charge in [0.1, 0.15) is 0 Å². The van der Waals surface area contributed by atoms with Crippen LogP contribution in [0.25, 0.3) is 21.5 Å². The van der Waals surface area contributed by atoms with Gasteiger partial charge in [-0.3, -0.25) is 0 Å². The molecule has 42 heavy (non-hydrogen) atoms.